The Bertz CT molecular complexity index is 975. The lowest BCUT2D eigenvalue weighted by Crippen LogP contribution is -2.04. The summed E-state index contributed by atoms with van der Waals surface area (Å²) in [6, 6.07) is 17.6. The Labute approximate surface area is 155 Å². The van der Waals surface area contributed by atoms with E-state index in [0.29, 0.717) is 11.3 Å². The molecule has 0 fully saturated rings. The Morgan fingerprint density at radius 2 is 1.80 bits per heavy atom. The number of nitrogens with zero attached hydrogens (tertiary/aromatic N) is 2. The quantitative estimate of drug-likeness (QED) is 0.682. The van der Waals surface area contributed by atoms with E-state index in [-0.39, 0.29) is 5.82 Å². The van der Waals surface area contributed by atoms with E-state index < -0.39 is 0 Å². The van der Waals surface area contributed by atoms with Crippen LogP contribution < -0.4 is 10.5 Å². The van der Waals surface area contributed by atoms with Crippen LogP contribution in [-0.2, 0) is 0 Å². The summed E-state index contributed by atoms with van der Waals surface area (Å²) in [7, 11) is 1.61. The fraction of sp³-hybridized carbons (Fsp3) is 0.100. The minimum atomic E-state index is 0.215. The summed E-state index contributed by atoms with van der Waals surface area (Å²) in [5.74, 6) is 0.904. The van der Waals surface area contributed by atoms with Gasteiger partial charge >= 0.3 is 0 Å². The first-order valence-corrected chi connectivity index (χ1v) is 8.45. The summed E-state index contributed by atoms with van der Waals surface area (Å²) in [5, 5.41) is 9.63. The number of nitrogens with two attached hydrogens (primary N) is 1. The summed E-state index contributed by atoms with van der Waals surface area (Å²) in [6.45, 7) is 1.95. The molecule has 1 heterocycles. The van der Waals surface area contributed by atoms with Crippen LogP contribution in [-0.4, -0.2) is 12.1 Å². The van der Waals surface area contributed by atoms with E-state index in [0.717, 1.165) is 32.4 Å². The summed E-state index contributed by atoms with van der Waals surface area (Å²) in [6.07, 6.45) is 0. The van der Waals surface area contributed by atoms with Crippen LogP contribution in [0.5, 0.6) is 5.75 Å². The second-order valence-corrected chi connectivity index (χ2v) is 6.46. The Kier molecular flexibility index (Phi) is 4.73. The molecule has 5 heteroatoms. The number of halogens is 1. The van der Waals surface area contributed by atoms with Gasteiger partial charge in [0.2, 0.25) is 0 Å². The Balaban J connectivity index is 2.34. The number of para-hydroxylation sites is 1. The van der Waals surface area contributed by atoms with Crippen molar-refractivity contribution in [1.82, 2.24) is 4.98 Å². The van der Waals surface area contributed by atoms with Crippen molar-refractivity contribution in [2.75, 3.05) is 12.8 Å². The molecule has 2 aromatic carbocycles. The highest BCUT2D eigenvalue weighted by atomic mass is 79.9. The normalized spacial score (nSPS) is 10.3. The molecule has 3 aromatic rings. The van der Waals surface area contributed by atoms with E-state index in [2.05, 4.69) is 27.0 Å². The van der Waals surface area contributed by atoms with Crippen LogP contribution in [0.25, 0.3) is 22.4 Å². The van der Waals surface area contributed by atoms with Crippen LogP contribution in [0.1, 0.15) is 11.1 Å². The smallest absolute Gasteiger partial charge is 0.142 e. The molecule has 0 spiro atoms. The summed E-state index contributed by atoms with van der Waals surface area (Å²) >= 11 is 3.44. The number of anilines is 1. The lowest BCUT2D eigenvalue weighted by molar-refractivity contribution is 0.416. The van der Waals surface area contributed by atoms with E-state index in [1.54, 1.807) is 7.11 Å². The monoisotopic (exact) mass is 393 g/mol. The number of ether oxygens (including phenoxy) is 1. The van der Waals surface area contributed by atoms with Gasteiger partial charge in [-0.1, -0.05) is 46.3 Å². The number of methoxy groups -OCH3 is 1. The summed E-state index contributed by atoms with van der Waals surface area (Å²) < 4.78 is 6.47. The Morgan fingerprint density at radius 1 is 1.12 bits per heavy atom. The second-order valence-electron chi connectivity index (χ2n) is 5.54. The lowest BCUT2D eigenvalue weighted by atomic mass is 9.92. The molecule has 0 aliphatic rings. The Hall–Kier alpha value is -2.84. The molecule has 0 saturated carbocycles. The number of hydrogen-bond acceptors (Lipinski definition) is 4. The maximum atomic E-state index is 9.63. The zero-order chi connectivity index (χ0) is 18.0. The van der Waals surface area contributed by atoms with E-state index in [4.69, 9.17) is 10.5 Å². The van der Waals surface area contributed by atoms with Crippen LogP contribution in [0.4, 0.5) is 5.82 Å². The van der Waals surface area contributed by atoms with E-state index >= 15 is 0 Å². The number of benzene rings is 2. The van der Waals surface area contributed by atoms with E-state index in [1.165, 1.54) is 0 Å². The topological polar surface area (TPSA) is 71.9 Å². The van der Waals surface area contributed by atoms with Gasteiger partial charge in [-0.15, -0.1) is 0 Å². The predicted octanol–water partition coefficient (Wildman–Crippen LogP) is 4.95. The third kappa shape index (κ3) is 3.09. The van der Waals surface area contributed by atoms with Crippen molar-refractivity contribution in [1.29, 1.82) is 5.26 Å². The van der Waals surface area contributed by atoms with E-state index in [9.17, 15) is 5.26 Å². The zero-order valence-corrected chi connectivity index (χ0v) is 15.5. The predicted molar refractivity (Wildman–Crippen MR) is 103 cm³/mol. The third-order valence-electron chi connectivity index (χ3n) is 4.07. The molecule has 0 saturated heterocycles. The van der Waals surface area contributed by atoms with Crippen LogP contribution in [0.3, 0.4) is 0 Å². The number of nitrogen functional groups attached to an aromatic ring is 1. The third-order valence-corrected chi connectivity index (χ3v) is 4.60. The lowest BCUT2D eigenvalue weighted by Gasteiger charge is -2.17. The molecule has 0 unspecified atom stereocenters. The van der Waals surface area contributed by atoms with Gasteiger partial charge in [-0.25, -0.2) is 4.98 Å². The number of rotatable bonds is 3. The fourth-order valence-corrected chi connectivity index (χ4v) is 3.15. The number of aromatic nitrogens is 1. The van der Waals surface area contributed by atoms with Crippen LogP contribution in [0.2, 0.25) is 0 Å². The standard InChI is InChI=1S/C20H16BrN3O/c1-12-18(15-5-3-4-6-17(15)25-2)16(11-22)20(23)24-19(12)13-7-9-14(21)10-8-13/h3-10H,1-2H3,(H2,23,24). The molecule has 0 radical (unpaired) electrons. The van der Waals surface area contributed by atoms with Crippen LogP contribution in [0.15, 0.2) is 53.0 Å². The van der Waals surface area contributed by atoms with Gasteiger partial charge in [0.15, 0.2) is 0 Å². The minimum absolute atomic E-state index is 0.215. The maximum absolute atomic E-state index is 9.63. The highest BCUT2D eigenvalue weighted by molar-refractivity contribution is 9.10. The molecular weight excluding hydrogens is 378 g/mol. The highest BCUT2D eigenvalue weighted by Crippen LogP contribution is 2.39. The van der Waals surface area contributed by atoms with Gasteiger partial charge in [-0.2, -0.15) is 5.26 Å². The van der Waals surface area contributed by atoms with Gasteiger partial charge in [0.1, 0.15) is 23.2 Å². The average molecular weight is 394 g/mol. The number of hydrogen-bond donors (Lipinski definition) is 1. The molecule has 0 atom stereocenters. The highest BCUT2D eigenvalue weighted by Gasteiger charge is 2.20. The SMILES string of the molecule is COc1ccccc1-c1c(C)c(-c2ccc(Br)cc2)nc(N)c1C#N. The van der Waals surface area contributed by atoms with Crippen molar-refractivity contribution in [2.45, 2.75) is 6.92 Å². The Morgan fingerprint density at radius 3 is 2.44 bits per heavy atom. The number of pyridine rings is 1. The van der Waals surface area contributed by atoms with Gasteiger partial charge in [-0.05, 0) is 30.7 Å². The van der Waals surface area contributed by atoms with Gasteiger partial charge < -0.3 is 10.5 Å². The van der Waals surface area contributed by atoms with Gasteiger partial charge in [-0.3, -0.25) is 0 Å². The summed E-state index contributed by atoms with van der Waals surface area (Å²) in [4.78, 5) is 4.48. The first-order valence-electron chi connectivity index (χ1n) is 7.66. The fourth-order valence-electron chi connectivity index (χ4n) is 2.88. The number of nitriles is 1. The molecule has 0 amide bonds. The van der Waals surface area contributed by atoms with Gasteiger partial charge in [0, 0.05) is 21.2 Å². The zero-order valence-electron chi connectivity index (χ0n) is 13.9. The molecule has 1 aromatic heterocycles. The molecule has 25 heavy (non-hydrogen) atoms. The molecule has 0 aliphatic heterocycles. The minimum Gasteiger partial charge on any atom is -0.496 e. The molecule has 2 N–H and O–H groups in total. The van der Waals surface area contributed by atoms with Crippen molar-refractivity contribution in [3.63, 3.8) is 0 Å². The molecule has 4 nitrogen and oxygen atoms in total. The van der Waals surface area contributed by atoms with E-state index in [1.807, 2.05) is 55.5 Å². The largest absolute Gasteiger partial charge is 0.496 e. The van der Waals surface area contributed by atoms with Crippen molar-refractivity contribution < 1.29 is 4.74 Å². The first kappa shape index (κ1) is 17.0. The molecule has 3 rings (SSSR count). The van der Waals surface area contributed by atoms with Crippen molar-refractivity contribution in [2.24, 2.45) is 0 Å². The van der Waals surface area contributed by atoms with Crippen LogP contribution in [0, 0.1) is 18.3 Å². The van der Waals surface area contributed by atoms with Crippen molar-refractivity contribution >= 4 is 21.7 Å². The average Bonchev–Trinajstić information content (AvgIpc) is 2.63. The second kappa shape index (κ2) is 6.96. The first-order chi connectivity index (χ1) is 12.1. The molecular formula is C20H16BrN3O. The maximum Gasteiger partial charge on any atom is 0.142 e. The summed E-state index contributed by atoms with van der Waals surface area (Å²) in [5.41, 5.74) is 10.6. The van der Waals surface area contributed by atoms with Crippen LogP contribution >= 0.6 is 15.9 Å². The van der Waals surface area contributed by atoms with Gasteiger partial charge in [0.25, 0.3) is 0 Å². The molecule has 0 aliphatic carbocycles. The molecule has 124 valence electrons. The van der Waals surface area contributed by atoms with Crippen molar-refractivity contribution in [3.8, 4) is 34.2 Å². The van der Waals surface area contributed by atoms with Crippen molar-refractivity contribution in [3.05, 3.63) is 64.1 Å². The van der Waals surface area contributed by atoms with Gasteiger partial charge in [0.05, 0.1) is 12.8 Å². The molecule has 0 bridgehead atoms.